The highest BCUT2D eigenvalue weighted by Gasteiger charge is 2.35. The number of hydrogen-bond donors (Lipinski definition) is 1. The number of allylic oxidation sites excluding steroid dienone is 3. The molecule has 1 atom stereocenters. The second-order valence-corrected chi connectivity index (χ2v) is 3.38. The van der Waals surface area contributed by atoms with Gasteiger partial charge in [-0.3, -0.25) is 0 Å². The summed E-state index contributed by atoms with van der Waals surface area (Å²) in [6.07, 6.45) is -0.0271. The molecule has 0 aliphatic carbocycles. The van der Waals surface area contributed by atoms with Gasteiger partial charge in [0.15, 0.2) is 0 Å². The Morgan fingerprint density at radius 3 is 2.46 bits per heavy atom. The van der Waals surface area contributed by atoms with Gasteiger partial charge in [-0.1, -0.05) is 26.0 Å². The standard InChI is InChI=1S/C9H12F3N/c1-6(2)7-4-3-5-8(13-7)9(10,11)12/h3-7,13H,1-2H3. The van der Waals surface area contributed by atoms with Crippen LogP contribution in [0, 0.1) is 5.92 Å². The maximum absolute atomic E-state index is 12.2. The molecule has 0 amide bonds. The van der Waals surface area contributed by atoms with Crippen molar-refractivity contribution in [3.8, 4) is 0 Å². The highest BCUT2D eigenvalue weighted by molar-refractivity contribution is 5.23. The maximum atomic E-state index is 12.2. The summed E-state index contributed by atoms with van der Waals surface area (Å²) < 4.78 is 36.6. The molecule has 0 saturated carbocycles. The number of hydrogen-bond acceptors (Lipinski definition) is 1. The lowest BCUT2D eigenvalue weighted by Crippen LogP contribution is -2.38. The van der Waals surface area contributed by atoms with Gasteiger partial charge >= 0.3 is 6.18 Å². The van der Waals surface area contributed by atoms with Gasteiger partial charge in [-0.05, 0) is 12.0 Å². The molecule has 74 valence electrons. The first-order chi connectivity index (χ1) is 5.91. The largest absolute Gasteiger partial charge is 0.430 e. The average molecular weight is 191 g/mol. The Balaban J connectivity index is 2.72. The molecule has 1 unspecified atom stereocenters. The normalized spacial score (nSPS) is 22.9. The fraction of sp³-hybridized carbons (Fsp3) is 0.556. The zero-order valence-electron chi connectivity index (χ0n) is 7.52. The van der Waals surface area contributed by atoms with E-state index in [2.05, 4.69) is 5.32 Å². The van der Waals surface area contributed by atoms with E-state index in [0.717, 1.165) is 6.08 Å². The third-order valence-corrected chi connectivity index (χ3v) is 1.93. The lowest BCUT2D eigenvalue weighted by atomic mass is 10.0. The number of rotatable bonds is 1. The molecule has 0 aromatic rings. The van der Waals surface area contributed by atoms with Crippen LogP contribution in [0.3, 0.4) is 0 Å². The second-order valence-electron chi connectivity index (χ2n) is 3.38. The smallest absolute Gasteiger partial charge is 0.375 e. The second kappa shape index (κ2) is 3.44. The molecule has 13 heavy (non-hydrogen) atoms. The highest BCUT2D eigenvalue weighted by Crippen LogP contribution is 2.26. The van der Waals surface area contributed by atoms with Crippen LogP contribution in [0.4, 0.5) is 13.2 Å². The number of nitrogens with one attached hydrogen (secondary N) is 1. The summed E-state index contributed by atoms with van der Waals surface area (Å²) in [5, 5.41) is 2.44. The third-order valence-electron chi connectivity index (χ3n) is 1.93. The van der Waals surface area contributed by atoms with Gasteiger partial charge in [0, 0.05) is 6.04 Å². The van der Waals surface area contributed by atoms with Crippen LogP contribution in [-0.2, 0) is 0 Å². The van der Waals surface area contributed by atoms with Gasteiger partial charge in [0.1, 0.15) is 5.70 Å². The van der Waals surface area contributed by atoms with Crippen LogP contribution in [0.2, 0.25) is 0 Å². The molecular formula is C9H12F3N. The summed E-state index contributed by atoms with van der Waals surface area (Å²) in [4.78, 5) is 0. The molecule has 0 aromatic carbocycles. The van der Waals surface area contributed by atoms with E-state index < -0.39 is 11.9 Å². The first-order valence-corrected chi connectivity index (χ1v) is 4.13. The minimum Gasteiger partial charge on any atom is -0.375 e. The van der Waals surface area contributed by atoms with Gasteiger partial charge in [-0.2, -0.15) is 13.2 Å². The molecule has 1 heterocycles. The van der Waals surface area contributed by atoms with Crippen molar-refractivity contribution in [2.45, 2.75) is 26.1 Å². The summed E-state index contributed by atoms with van der Waals surface area (Å²) in [5.74, 6) is 0.155. The predicted molar refractivity (Wildman–Crippen MR) is 45.0 cm³/mol. The molecule has 1 aliphatic rings. The van der Waals surface area contributed by atoms with Crippen LogP contribution in [-0.4, -0.2) is 12.2 Å². The maximum Gasteiger partial charge on any atom is 0.430 e. The Bertz CT molecular complexity index is 238. The molecule has 1 aliphatic heterocycles. The van der Waals surface area contributed by atoms with Crippen molar-refractivity contribution in [1.82, 2.24) is 5.32 Å². The fourth-order valence-electron chi connectivity index (χ4n) is 1.11. The number of alkyl halides is 3. The first kappa shape index (κ1) is 10.2. The minimum atomic E-state index is -4.27. The van der Waals surface area contributed by atoms with Crippen LogP contribution in [0.1, 0.15) is 13.8 Å². The first-order valence-electron chi connectivity index (χ1n) is 4.13. The fourth-order valence-corrected chi connectivity index (χ4v) is 1.11. The number of halogens is 3. The van der Waals surface area contributed by atoms with Crippen molar-refractivity contribution in [1.29, 1.82) is 0 Å². The zero-order valence-corrected chi connectivity index (χ0v) is 7.52. The molecule has 1 rings (SSSR count). The van der Waals surface area contributed by atoms with E-state index >= 15 is 0 Å². The molecule has 0 fully saturated rings. The van der Waals surface area contributed by atoms with Gasteiger partial charge < -0.3 is 5.32 Å². The summed E-state index contributed by atoms with van der Waals surface area (Å²) >= 11 is 0. The summed E-state index contributed by atoms with van der Waals surface area (Å²) in [7, 11) is 0. The summed E-state index contributed by atoms with van der Waals surface area (Å²) in [6, 6.07) is -0.221. The van der Waals surface area contributed by atoms with Crippen molar-refractivity contribution in [3.63, 3.8) is 0 Å². The molecule has 1 nitrogen and oxygen atoms in total. The molecule has 0 saturated heterocycles. The van der Waals surface area contributed by atoms with E-state index in [1.165, 1.54) is 6.08 Å². The van der Waals surface area contributed by atoms with Crippen molar-refractivity contribution in [2.75, 3.05) is 0 Å². The average Bonchev–Trinajstić information content (AvgIpc) is 2.03. The molecule has 4 heteroatoms. The van der Waals surface area contributed by atoms with Gasteiger partial charge in [-0.25, -0.2) is 0 Å². The lowest BCUT2D eigenvalue weighted by Gasteiger charge is -2.25. The molecule has 0 spiro atoms. The van der Waals surface area contributed by atoms with Crippen LogP contribution >= 0.6 is 0 Å². The van der Waals surface area contributed by atoms with Gasteiger partial charge in [0.2, 0.25) is 0 Å². The Kier molecular flexibility index (Phi) is 2.68. The van der Waals surface area contributed by atoms with E-state index in [1.54, 1.807) is 6.08 Å². The topological polar surface area (TPSA) is 12.0 Å². The van der Waals surface area contributed by atoms with Crippen LogP contribution in [0.15, 0.2) is 23.9 Å². The van der Waals surface area contributed by atoms with Crippen molar-refractivity contribution < 1.29 is 13.2 Å². The van der Waals surface area contributed by atoms with E-state index in [4.69, 9.17) is 0 Å². The van der Waals surface area contributed by atoms with Gasteiger partial charge in [-0.15, -0.1) is 0 Å². The van der Waals surface area contributed by atoms with Crippen LogP contribution in [0.5, 0.6) is 0 Å². The Hall–Kier alpha value is -0.930. The molecule has 0 aromatic heterocycles. The third kappa shape index (κ3) is 2.50. The molecular weight excluding hydrogens is 179 g/mol. The van der Waals surface area contributed by atoms with E-state index in [-0.39, 0.29) is 12.0 Å². The minimum absolute atomic E-state index is 0.155. The SMILES string of the molecule is CC(C)C1C=CC=C(C(F)(F)F)N1. The Morgan fingerprint density at radius 2 is 2.00 bits per heavy atom. The number of dihydropyridines is 1. The van der Waals surface area contributed by atoms with Gasteiger partial charge in [0.25, 0.3) is 0 Å². The highest BCUT2D eigenvalue weighted by atomic mass is 19.4. The van der Waals surface area contributed by atoms with Crippen molar-refractivity contribution in [2.24, 2.45) is 5.92 Å². The van der Waals surface area contributed by atoms with Crippen molar-refractivity contribution in [3.05, 3.63) is 23.9 Å². The Morgan fingerprint density at radius 1 is 1.38 bits per heavy atom. The lowest BCUT2D eigenvalue weighted by molar-refractivity contribution is -0.0979. The molecule has 1 N–H and O–H groups in total. The van der Waals surface area contributed by atoms with E-state index in [0.29, 0.717) is 0 Å². The molecule has 0 radical (unpaired) electrons. The van der Waals surface area contributed by atoms with Gasteiger partial charge in [0.05, 0.1) is 0 Å². The predicted octanol–water partition coefficient (Wildman–Crippen LogP) is 2.62. The molecule has 0 bridgehead atoms. The monoisotopic (exact) mass is 191 g/mol. The zero-order chi connectivity index (χ0) is 10.1. The summed E-state index contributed by atoms with van der Waals surface area (Å²) in [6.45, 7) is 3.75. The quantitative estimate of drug-likeness (QED) is 0.671. The Labute approximate surface area is 75.3 Å². The van der Waals surface area contributed by atoms with E-state index in [1.807, 2.05) is 13.8 Å². The van der Waals surface area contributed by atoms with Crippen molar-refractivity contribution >= 4 is 0 Å². The van der Waals surface area contributed by atoms with Crippen LogP contribution < -0.4 is 5.32 Å². The van der Waals surface area contributed by atoms with Crippen LogP contribution in [0.25, 0.3) is 0 Å². The van der Waals surface area contributed by atoms with E-state index in [9.17, 15) is 13.2 Å². The summed E-state index contributed by atoms with van der Waals surface area (Å²) in [5.41, 5.74) is -0.659.